The molecule has 1 spiro atoms. The molecule has 7 nitrogen and oxygen atoms in total. The maximum absolute atomic E-state index is 13.2. The van der Waals surface area contributed by atoms with E-state index >= 15 is 0 Å². The van der Waals surface area contributed by atoms with Gasteiger partial charge in [-0.05, 0) is 79.4 Å². The highest BCUT2D eigenvalue weighted by Crippen LogP contribution is 2.55. The monoisotopic (exact) mass is 609 g/mol. The van der Waals surface area contributed by atoms with Crippen LogP contribution in [0, 0.1) is 13.8 Å². The molecule has 1 unspecified atom stereocenters. The number of benzene rings is 3. The van der Waals surface area contributed by atoms with Crippen LogP contribution in [0.25, 0.3) is 0 Å². The van der Waals surface area contributed by atoms with Gasteiger partial charge >= 0.3 is 0 Å². The molecule has 6 rings (SSSR count). The Kier molecular flexibility index (Phi) is 7.42. The van der Waals surface area contributed by atoms with Gasteiger partial charge in [-0.1, -0.05) is 46.8 Å². The molecular formula is C38H43NO6. The van der Waals surface area contributed by atoms with Crippen LogP contribution in [0.1, 0.15) is 81.7 Å². The number of phenols is 1. The number of anilines is 1. The normalized spacial score (nSPS) is 20.6. The van der Waals surface area contributed by atoms with Gasteiger partial charge in [0.1, 0.15) is 34.5 Å². The Balaban J connectivity index is 1.20. The van der Waals surface area contributed by atoms with E-state index in [1.165, 1.54) is 0 Å². The maximum atomic E-state index is 13.2. The lowest BCUT2D eigenvalue weighted by Gasteiger charge is -2.51. The van der Waals surface area contributed by atoms with Gasteiger partial charge in [-0.25, -0.2) is 0 Å². The minimum absolute atomic E-state index is 0.173. The van der Waals surface area contributed by atoms with Gasteiger partial charge in [0.15, 0.2) is 0 Å². The third kappa shape index (κ3) is 5.54. The molecule has 2 heterocycles. The number of para-hydroxylation sites is 1. The summed E-state index contributed by atoms with van der Waals surface area (Å²) in [6.45, 7) is 14.7. The lowest BCUT2D eigenvalue weighted by Crippen LogP contribution is -2.55. The number of nitrogens with one attached hydrogen (secondary N) is 1. The van der Waals surface area contributed by atoms with Crippen molar-refractivity contribution in [1.82, 2.24) is 0 Å². The Hall–Kier alpha value is -4.39. The standard InChI is InChI=1S/C38H43NO6/c1-9-24-11-10-12-30(42-8)34(24)39-35(41)25-13-14-26(17-25)43-31-19-28-33(16-23(31)3)45-38(21-37(28,6)7)20-36(4,5)27-18-29(40)22(2)15-32(27)44-38/h10-16,18-19,40H,9,17,20-21H2,1-8H3,(H,39,41). The molecule has 7 heteroatoms. The van der Waals surface area contributed by atoms with Crippen molar-refractivity contribution < 1.29 is 28.8 Å². The maximum Gasteiger partial charge on any atom is 0.252 e. The first-order chi connectivity index (χ1) is 21.2. The first kappa shape index (κ1) is 30.6. The second-order valence-corrected chi connectivity index (χ2v) is 13.9. The minimum atomic E-state index is -0.843. The highest BCUT2D eigenvalue weighted by Gasteiger charge is 2.53. The number of aryl methyl sites for hydroxylation is 3. The molecule has 236 valence electrons. The van der Waals surface area contributed by atoms with E-state index in [4.69, 9.17) is 18.9 Å². The van der Waals surface area contributed by atoms with Crippen LogP contribution in [-0.4, -0.2) is 23.9 Å². The fourth-order valence-corrected chi connectivity index (χ4v) is 7.08. The second kappa shape index (κ2) is 10.9. The van der Waals surface area contributed by atoms with Crippen LogP contribution >= 0.6 is 0 Å². The highest BCUT2D eigenvalue weighted by molar-refractivity contribution is 6.06. The zero-order valence-corrected chi connectivity index (χ0v) is 27.5. The number of carbonyl (C=O) groups is 1. The summed E-state index contributed by atoms with van der Waals surface area (Å²) in [6, 6.07) is 13.6. The number of rotatable bonds is 6. The molecule has 1 amide bonds. The molecule has 1 atom stereocenters. The van der Waals surface area contributed by atoms with Crippen LogP contribution in [0.5, 0.6) is 28.7 Å². The minimum Gasteiger partial charge on any atom is -0.508 e. The first-order valence-corrected chi connectivity index (χ1v) is 15.7. The van der Waals surface area contributed by atoms with Crippen molar-refractivity contribution in [3.63, 3.8) is 0 Å². The van der Waals surface area contributed by atoms with E-state index < -0.39 is 5.79 Å². The topological polar surface area (TPSA) is 86.3 Å². The van der Waals surface area contributed by atoms with Crippen molar-refractivity contribution in [2.45, 2.75) is 90.8 Å². The fraction of sp³-hybridized carbons (Fsp3) is 0.395. The summed E-state index contributed by atoms with van der Waals surface area (Å²) >= 11 is 0. The smallest absolute Gasteiger partial charge is 0.252 e. The number of carbonyl (C=O) groups excluding carboxylic acids is 1. The van der Waals surface area contributed by atoms with Gasteiger partial charge in [0, 0.05) is 46.8 Å². The van der Waals surface area contributed by atoms with Crippen molar-refractivity contribution in [2.75, 3.05) is 12.4 Å². The van der Waals surface area contributed by atoms with Crippen LogP contribution in [0.15, 0.2) is 65.9 Å². The van der Waals surface area contributed by atoms with Crippen molar-refractivity contribution >= 4 is 11.6 Å². The second-order valence-electron chi connectivity index (χ2n) is 13.9. The third-order valence-corrected chi connectivity index (χ3v) is 9.37. The molecule has 0 bridgehead atoms. The van der Waals surface area contributed by atoms with Crippen molar-refractivity contribution in [2.24, 2.45) is 0 Å². The molecule has 3 aliphatic rings. The third-order valence-electron chi connectivity index (χ3n) is 9.37. The van der Waals surface area contributed by atoms with Crippen LogP contribution < -0.4 is 24.3 Å². The molecule has 0 aromatic heterocycles. The molecule has 3 aromatic rings. The van der Waals surface area contributed by atoms with Crippen LogP contribution in [0.2, 0.25) is 0 Å². The molecule has 0 saturated heterocycles. The van der Waals surface area contributed by atoms with Crippen molar-refractivity contribution in [3.8, 4) is 28.7 Å². The van der Waals surface area contributed by atoms with Gasteiger partial charge < -0.3 is 29.4 Å². The molecule has 2 aliphatic heterocycles. The summed E-state index contributed by atoms with van der Waals surface area (Å²) in [5.41, 5.74) is 5.55. The zero-order valence-electron chi connectivity index (χ0n) is 27.5. The molecular weight excluding hydrogens is 566 g/mol. The summed E-state index contributed by atoms with van der Waals surface area (Å²) in [7, 11) is 1.61. The van der Waals surface area contributed by atoms with Gasteiger partial charge in [-0.2, -0.15) is 0 Å². The zero-order chi connectivity index (χ0) is 32.3. The first-order valence-electron chi connectivity index (χ1n) is 15.7. The Morgan fingerprint density at radius 3 is 2.20 bits per heavy atom. The van der Waals surface area contributed by atoms with Gasteiger partial charge in [0.25, 0.3) is 11.7 Å². The van der Waals surface area contributed by atoms with Gasteiger partial charge in [-0.3, -0.25) is 4.79 Å². The SMILES string of the molecule is CCc1cccc(OC)c1NC(=O)C1=CC=C(Oc2cc3c(cc2C)OC2(CC(C)(C)c4cc(O)c(C)cc4O2)CC3(C)C)C1. The average molecular weight is 610 g/mol. The average Bonchev–Trinajstić information content (AvgIpc) is 3.43. The number of amides is 1. The Morgan fingerprint density at radius 1 is 0.911 bits per heavy atom. The molecule has 0 fully saturated rings. The van der Waals surface area contributed by atoms with Gasteiger partial charge in [-0.15, -0.1) is 0 Å². The number of ether oxygens (including phenoxy) is 4. The van der Waals surface area contributed by atoms with E-state index in [-0.39, 0.29) is 22.5 Å². The van der Waals surface area contributed by atoms with Crippen LogP contribution in [0.3, 0.4) is 0 Å². The van der Waals surface area contributed by atoms with E-state index in [1.807, 2.05) is 62.4 Å². The molecule has 45 heavy (non-hydrogen) atoms. The van der Waals surface area contributed by atoms with E-state index in [1.54, 1.807) is 7.11 Å². The molecule has 1 aliphatic carbocycles. The molecule has 2 N–H and O–H groups in total. The van der Waals surface area contributed by atoms with Crippen molar-refractivity contribution in [1.29, 1.82) is 0 Å². The molecule has 0 radical (unpaired) electrons. The number of fused-ring (bicyclic) bond motifs is 2. The summed E-state index contributed by atoms with van der Waals surface area (Å²) in [6.07, 6.45) is 6.14. The number of allylic oxidation sites excluding steroid dienone is 3. The van der Waals surface area contributed by atoms with E-state index in [0.29, 0.717) is 42.0 Å². The van der Waals surface area contributed by atoms with Gasteiger partial charge in [0.05, 0.1) is 12.8 Å². The summed E-state index contributed by atoms with van der Waals surface area (Å²) in [5, 5.41) is 13.4. The number of hydrogen-bond donors (Lipinski definition) is 2. The summed E-state index contributed by atoms with van der Waals surface area (Å²) < 4.78 is 25.4. The van der Waals surface area contributed by atoms with Crippen LogP contribution in [-0.2, 0) is 22.0 Å². The van der Waals surface area contributed by atoms with E-state index in [2.05, 4.69) is 46.0 Å². The highest BCUT2D eigenvalue weighted by atomic mass is 16.7. The number of phenolic OH excluding ortho intramolecular Hbond substituents is 1. The molecule has 3 aromatic carbocycles. The van der Waals surface area contributed by atoms with Gasteiger partial charge in [0.2, 0.25) is 0 Å². The van der Waals surface area contributed by atoms with Crippen molar-refractivity contribution in [3.05, 3.63) is 93.8 Å². The van der Waals surface area contributed by atoms with E-state index in [0.717, 1.165) is 51.5 Å². The Bertz CT molecular complexity index is 1740. The largest absolute Gasteiger partial charge is 0.508 e. The molecule has 0 saturated carbocycles. The lowest BCUT2D eigenvalue weighted by molar-refractivity contribution is -0.166. The predicted molar refractivity (Wildman–Crippen MR) is 176 cm³/mol. The predicted octanol–water partition coefficient (Wildman–Crippen LogP) is 8.33. The Morgan fingerprint density at radius 2 is 1.56 bits per heavy atom. The van der Waals surface area contributed by atoms with Crippen LogP contribution in [0.4, 0.5) is 5.69 Å². The Labute approximate surface area is 265 Å². The number of hydrogen-bond acceptors (Lipinski definition) is 6. The summed E-state index contributed by atoms with van der Waals surface area (Å²) in [4.78, 5) is 13.2. The lowest BCUT2D eigenvalue weighted by atomic mass is 9.69. The van der Waals surface area contributed by atoms with E-state index in [9.17, 15) is 9.90 Å². The fourth-order valence-electron chi connectivity index (χ4n) is 7.08. The number of aromatic hydroxyl groups is 1. The number of methoxy groups -OCH3 is 1. The quantitative estimate of drug-likeness (QED) is 0.292. The summed E-state index contributed by atoms with van der Waals surface area (Å²) in [5.74, 6) is 2.89.